The number of para-hydroxylation sites is 1. The molecule has 0 radical (unpaired) electrons. The van der Waals surface area contributed by atoms with Crippen LogP contribution in [0.2, 0.25) is 0 Å². The molecule has 152 valence electrons. The van der Waals surface area contributed by atoms with E-state index in [4.69, 9.17) is 0 Å². The summed E-state index contributed by atoms with van der Waals surface area (Å²) in [5.41, 5.74) is 3.17. The maximum Gasteiger partial charge on any atom is 0.255 e. The minimum atomic E-state index is -0.163. The van der Waals surface area contributed by atoms with Crippen molar-refractivity contribution in [3.8, 4) is 0 Å². The molecule has 0 aliphatic heterocycles. The first kappa shape index (κ1) is 21.8. The van der Waals surface area contributed by atoms with Crippen LogP contribution in [0.15, 0.2) is 90.2 Å². The van der Waals surface area contributed by atoms with E-state index >= 15 is 0 Å². The lowest BCUT2D eigenvalue weighted by Gasteiger charge is -2.08. The maximum atomic E-state index is 12.5. The minimum Gasteiger partial charge on any atom is -0.412 e. The second-order valence-electron chi connectivity index (χ2n) is 5.84. The lowest BCUT2D eigenvalue weighted by Crippen LogP contribution is -2.11. The van der Waals surface area contributed by atoms with Gasteiger partial charge in [0.2, 0.25) is 0 Å². The Labute approximate surface area is 174 Å². The van der Waals surface area contributed by atoms with Crippen molar-refractivity contribution in [2.24, 2.45) is 0 Å². The maximum absolute atomic E-state index is 12.5. The third-order valence-electron chi connectivity index (χ3n) is 3.94. The van der Waals surface area contributed by atoms with Crippen LogP contribution in [0.5, 0.6) is 0 Å². The van der Waals surface area contributed by atoms with Gasteiger partial charge in [0.15, 0.2) is 0 Å². The van der Waals surface area contributed by atoms with Gasteiger partial charge in [-0.3, -0.25) is 4.79 Å². The third-order valence-corrected chi connectivity index (χ3v) is 4.79. The van der Waals surface area contributed by atoms with Crippen molar-refractivity contribution >= 4 is 40.1 Å². The number of anilines is 2. The van der Waals surface area contributed by atoms with E-state index in [9.17, 15) is 4.79 Å². The van der Waals surface area contributed by atoms with Crippen LogP contribution in [0.3, 0.4) is 0 Å². The van der Waals surface area contributed by atoms with Gasteiger partial charge in [-0.15, -0.1) is 0 Å². The number of nitrogens with one attached hydrogen (secondary N) is 2. The molecule has 29 heavy (non-hydrogen) atoms. The Balaban J connectivity index is 0.00000225. The van der Waals surface area contributed by atoms with Crippen molar-refractivity contribution in [3.63, 3.8) is 0 Å². The lowest BCUT2D eigenvalue weighted by molar-refractivity contribution is 0.102. The predicted octanol–water partition coefficient (Wildman–Crippen LogP) is 3.84. The van der Waals surface area contributed by atoms with Gasteiger partial charge < -0.3 is 21.0 Å². The van der Waals surface area contributed by atoms with E-state index < -0.39 is 0 Å². The number of hydrogen-bond acceptors (Lipinski definition) is 5. The summed E-state index contributed by atoms with van der Waals surface area (Å²) in [6.07, 6.45) is 3.19. The van der Waals surface area contributed by atoms with Crippen molar-refractivity contribution in [2.45, 2.75) is 4.90 Å². The van der Waals surface area contributed by atoms with Gasteiger partial charge in [0.1, 0.15) is 6.33 Å². The molecule has 1 heterocycles. The second kappa shape index (κ2) is 10.2. The molecule has 1 aromatic heterocycles. The highest BCUT2D eigenvalue weighted by atomic mass is 32.2. The molecule has 8 heteroatoms. The summed E-state index contributed by atoms with van der Waals surface area (Å²) in [6.45, 7) is 0. The molecule has 0 bridgehead atoms. The van der Waals surface area contributed by atoms with Crippen molar-refractivity contribution in [2.75, 3.05) is 10.0 Å². The van der Waals surface area contributed by atoms with Crippen LogP contribution in [0.25, 0.3) is 10.9 Å². The highest BCUT2D eigenvalue weighted by Gasteiger charge is 2.07. The number of aromatic nitrogens is 2. The molecule has 0 saturated heterocycles. The molecule has 0 aliphatic carbocycles. The molecule has 0 spiro atoms. The number of benzene rings is 3. The predicted molar refractivity (Wildman–Crippen MR) is 121 cm³/mol. The standard InChI is InChI=1S/C21H16N4OS.2H2O.2H2/c26-21(15-6-11-20-16(12-15)13-22-14-23-20)24-17-7-9-19(10-8-17)27-25-18-4-2-1-3-5-18;;;;/h1-14,25H,(H,24,26);2*1H2;2*1H. The third kappa shape index (κ3) is 5.52. The lowest BCUT2D eigenvalue weighted by atomic mass is 10.1. The Morgan fingerprint density at radius 1 is 0.897 bits per heavy atom. The van der Waals surface area contributed by atoms with Crippen molar-refractivity contribution in [1.82, 2.24) is 9.97 Å². The van der Waals surface area contributed by atoms with E-state index in [1.54, 1.807) is 18.3 Å². The Bertz CT molecular complexity index is 1090. The van der Waals surface area contributed by atoms with Gasteiger partial charge in [-0.05, 0) is 66.5 Å². The number of carbonyl (C=O) groups is 1. The van der Waals surface area contributed by atoms with Crippen molar-refractivity contribution in [1.29, 1.82) is 0 Å². The molecule has 0 fully saturated rings. The van der Waals surface area contributed by atoms with Crippen LogP contribution in [0.1, 0.15) is 13.2 Å². The molecule has 7 nitrogen and oxygen atoms in total. The zero-order chi connectivity index (χ0) is 18.5. The van der Waals surface area contributed by atoms with Crippen LogP contribution in [0, 0.1) is 0 Å². The highest BCUT2D eigenvalue weighted by Crippen LogP contribution is 2.23. The summed E-state index contributed by atoms with van der Waals surface area (Å²) in [6, 6.07) is 23.0. The molecular weight excluding hydrogens is 388 g/mol. The number of fused-ring (bicyclic) bond motifs is 1. The first-order chi connectivity index (χ1) is 13.3. The summed E-state index contributed by atoms with van der Waals surface area (Å²) >= 11 is 1.52. The molecule has 4 rings (SSSR count). The summed E-state index contributed by atoms with van der Waals surface area (Å²) in [5, 5.41) is 3.75. The largest absolute Gasteiger partial charge is 0.412 e. The highest BCUT2D eigenvalue weighted by molar-refractivity contribution is 8.00. The summed E-state index contributed by atoms with van der Waals surface area (Å²) < 4.78 is 3.28. The van der Waals surface area contributed by atoms with Gasteiger partial charge >= 0.3 is 0 Å². The number of rotatable bonds is 5. The molecule has 3 aromatic carbocycles. The molecule has 1 amide bonds. The SMILES string of the molecule is O.O.O=C(Nc1ccc(SNc2ccccc2)cc1)c1ccc2ncncc2c1.[HH].[HH]. The van der Waals surface area contributed by atoms with Crippen molar-refractivity contribution < 1.29 is 18.6 Å². The van der Waals surface area contributed by atoms with Crippen LogP contribution >= 0.6 is 11.9 Å². The van der Waals surface area contributed by atoms with Crippen LogP contribution < -0.4 is 10.0 Å². The monoisotopic (exact) mass is 412 g/mol. The number of nitrogens with zero attached hydrogens (tertiary/aromatic N) is 2. The van der Waals surface area contributed by atoms with Gasteiger partial charge in [0.25, 0.3) is 5.91 Å². The fourth-order valence-corrected chi connectivity index (χ4v) is 3.20. The topological polar surface area (TPSA) is 130 Å². The Morgan fingerprint density at radius 3 is 2.41 bits per heavy atom. The van der Waals surface area contributed by atoms with Crippen LogP contribution in [-0.4, -0.2) is 26.8 Å². The van der Waals surface area contributed by atoms with Crippen molar-refractivity contribution in [3.05, 3.63) is 90.9 Å². The Hall–Kier alpha value is -3.46. The molecule has 4 aromatic rings. The summed E-state index contributed by atoms with van der Waals surface area (Å²) in [5.74, 6) is -0.163. The fraction of sp³-hybridized carbons (Fsp3) is 0. The van der Waals surface area contributed by atoms with Crippen LogP contribution in [0.4, 0.5) is 11.4 Å². The quantitative estimate of drug-likeness (QED) is 0.481. The normalized spacial score (nSPS) is 9.79. The molecule has 0 aliphatic rings. The molecule has 0 unspecified atom stereocenters. The first-order valence-electron chi connectivity index (χ1n) is 8.37. The van der Waals surface area contributed by atoms with E-state index in [0.29, 0.717) is 5.56 Å². The molecule has 6 N–H and O–H groups in total. The minimum absolute atomic E-state index is 0. The first-order valence-corrected chi connectivity index (χ1v) is 9.19. The second-order valence-corrected chi connectivity index (χ2v) is 6.72. The van der Waals surface area contributed by atoms with E-state index in [1.807, 2.05) is 60.7 Å². The number of carbonyl (C=O) groups excluding carboxylic acids is 1. The van der Waals surface area contributed by atoms with Gasteiger partial charge in [0, 0.05) is 36.3 Å². The van der Waals surface area contributed by atoms with E-state index in [1.165, 1.54) is 18.3 Å². The zero-order valence-electron chi connectivity index (χ0n) is 15.3. The Morgan fingerprint density at radius 2 is 1.66 bits per heavy atom. The average molecular weight is 413 g/mol. The van der Waals surface area contributed by atoms with Crippen LogP contribution in [-0.2, 0) is 0 Å². The van der Waals surface area contributed by atoms with Gasteiger partial charge in [-0.2, -0.15) is 0 Å². The number of hydrogen-bond donors (Lipinski definition) is 2. The average Bonchev–Trinajstić information content (AvgIpc) is 2.73. The van der Waals surface area contributed by atoms with E-state index in [0.717, 1.165) is 27.2 Å². The van der Waals surface area contributed by atoms with Gasteiger partial charge in [-0.1, -0.05) is 18.2 Å². The number of amides is 1. The summed E-state index contributed by atoms with van der Waals surface area (Å²) in [4.78, 5) is 21.7. The fourth-order valence-electron chi connectivity index (χ4n) is 2.56. The summed E-state index contributed by atoms with van der Waals surface area (Å²) in [7, 11) is 0. The molecule has 0 saturated carbocycles. The zero-order valence-corrected chi connectivity index (χ0v) is 16.1. The Kier molecular flexibility index (Phi) is 7.67. The smallest absolute Gasteiger partial charge is 0.255 e. The van der Waals surface area contributed by atoms with E-state index in [-0.39, 0.29) is 19.7 Å². The molecule has 0 atom stereocenters. The molecular formula is C21H24N4O3S. The van der Waals surface area contributed by atoms with E-state index in [2.05, 4.69) is 20.0 Å². The van der Waals surface area contributed by atoms with Gasteiger partial charge in [-0.25, -0.2) is 9.97 Å². The van der Waals surface area contributed by atoms with Gasteiger partial charge in [0.05, 0.1) is 5.52 Å².